The molecule has 0 saturated heterocycles. The lowest BCUT2D eigenvalue weighted by Gasteiger charge is -2.12. The molecule has 0 fully saturated rings. The van der Waals surface area contributed by atoms with Gasteiger partial charge in [0.25, 0.3) is 0 Å². The average molecular weight is 353 g/mol. The number of oxime groups is 1. The quantitative estimate of drug-likeness (QED) is 0.635. The number of halogens is 3. The van der Waals surface area contributed by atoms with Crippen LogP contribution >= 0.6 is 0 Å². The highest BCUT2D eigenvalue weighted by Crippen LogP contribution is 2.31. The molecule has 0 heterocycles. The molecule has 0 radical (unpaired) electrons. The van der Waals surface area contributed by atoms with E-state index in [9.17, 15) is 23.1 Å². The third-order valence-electron chi connectivity index (χ3n) is 3.21. The standard InChI is InChI=1S/C17H14F3NO4/c1-24-21-15(16(22)23)14-8-3-2-5-11(14)10-25-13-7-4-6-12(9-13)17(18,19)20/h2-9H,10H2,1H3,(H,22,23). The van der Waals surface area contributed by atoms with Crippen LogP contribution in [0.1, 0.15) is 16.7 Å². The Morgan fingerprint density at radius 1 is 1.16 bits per heavy atom. The van der Waals surface area contributed by atoms with E-state index in [0.29, 0.717) is 5.56 Å². The van der Waals surface area contributed by atoms with E-state index >= 15 is 0 Å². The van der Waals surface area contributed by atoms with Gasteiger partial charge in [-0.15, -0.1) is 0 Å². The van der Waals surface area contributed by atoms with E-state index in [-0.39, 0.29) is 23.6 Å². The number of carboxylic acid groups (broad SMARTS) is 1. The van der Waals surface area contributed by atoms with Crippen LogP contribution in [0.3, 0.4) is 0 Å². The van der Waals surface area contributed by atoms with Crippen molar-refractivity contribution in [1.29, 1.82) is 0 Å². The van der Waals surface area contributed by atoms with Crippen LogP contribution in [0.2, 0.25) is 0 Å². The van der Waals surface area contributed by atoms with E-state index in [1.165, 1.54) is 25.3 Å². The van der Waals surface area contributed by atoms with E-state index in [1.807, 2.05) is 0 Å². The molecule has 8 heteroatoms. The van der Waals surface area contributed by atoms with Gasteiger partial charge in [0.05, 0.1) is 5.56 Å². The van der Waals surface area contributed by atoms with Crippen molar-refractivity contribution in [2.75, 3.05) is 7.11 Å². The van der Waals surface area contributed by atoms with Crippen LogP contribution in [0.25, 0.3) is 0 Å². The predicted molar refractivity (Wildman–Crippen MR) is 83.4 cm³/mol. The summed E-state index contributed by atoms with van der Waals surface area (Å²) in [5.41, 5.74) is -0.460. The first kappa shape index (κ1) is 18.3. The fourth-order valence-corrected chi connectivity index (χ4v) is 2.10. The second-order valence-electron chi connectivity index (χ2n) is 4.90. The summed E-state index contributed by atoms with van der Waals surface area (Å²) < 4.78 is 43.6. The van der Waals surface area contributed by atoms with Crippen molar-refractivity contribution >= 4 is 11.7 Å². The van der Waals surface area contributed by atoms with Gasteiger partial charge in [-0.1, -0.05) is 35.5 Å². The van der Waals surface area contributed by atoms with E-state index in [0.717, 1.165) is 12.1 Å². The first-order valence-electron chi connectivity index (χ1n) is 7.05. The fraction of sp³-hybridized carbons (Fsp3) is 0.176. The minimum Gasteiger partial charge on any atom is -0.489 e. The molecule has 2 aromatic carbocycles. The molecule has 0 atom stereocenters. The van der Waals surface area contributed by atoms with Crippen molar-refractivity contribution in [3.8, 4) is 5.75 Å². The molecule has 1 N–H and O–H groups in total. The zero-order valence-corrected chi connectivity index (χ0v) is 13.1. The normalized spacial score (nSPS) is 11.9. The Bertz CT molecular complexity index is 787. The van der Waals surface area contributed by atoms with Crippen LogP contribution in [0.5, 0.6) is 5.75 Å². The van der Waals surface area contributed by atoms with Crippen molar-refractivity contribution in [1.82, 2.24) is 0 Å². The number of ether oxygens (including phenoxy) is 1. The maximum Gasteiger partial charge on any atom is 0.416 e. The summed E-state index contributed by atoms with van der Waals surface area (Å²) in [7, 11) is 1.21. The molecule has 0 amide bonds. The Kier molecular flexibility index (Phi) is 5.63. The van der Waals surface area contributed by atoms with E-state index in [1.54, 1.807) is 18.2 Å². The molecule has 0 spiro atoms. The predicted octanol–water partition coefficient (Wildman–Crippen LogP) is 3.72. The van der Waals surface area contributed by atoms with Gasteiger partial charge in [-0.05, 0) is 23.8 Å². The van der Waals surface area contributed by atoms with Crippen molar-refractivity contribution in [2.45, 2.75) is 12.8 Å². The number of alkyl halides is 3. The number of rotatable bonds is 6. The molecule has 5 nitrogen and oxygen atoms in total. The van der Waals surface area contributed by atoms with Crippen LogP contribution in [0, 0.1) is 0 Å². The summed E-state index contributed by atoms with van der Waals surface area (Å²) >= 11 is 0. The molecule has 25 heavy (non-hydrogen) atoms. The molecule has 2 rings (SSSR count). The highest BCUT2D eigenvalue weighted by molar-refractivity contribution is 6.42. The molecular weight excluding hydrogens is 339 g/mol. The summed E-state index contributed by atoms with van der Waals surface area (Å²) in [6, 6.07) is 10.8. The molecule has 0 aliphatic carbocycles. The molecular formula is C17H14F3NO4. The fourth-order valence-electron chi connectivity index (χ4n) is 2.10. The van der Waals surface area contributed by atoms with Gasteiger partial charge in [-0.3, -0.25) is 0 Å². The summed E-state index contributed by atoms with van der Waals surface area (Å²) in [6.45, 7) is -0.131. The van der Waals surface area contributed by atoms with Gasteiger partial charge in [-0.25, -0.2) is 4.79 Å². The molecule has 0 bridgehead atoms. The minimum absolute atomic E-state index is 0.0187. The van der Waals surface area contributed by atoms with Gasteiger partial charge in [0.2, 0.25) is 0 Å². The van der Waals surface area contributed by atoms with Crippen molar-refractivity contribution < 1.29 is 32.6 Å². The molecule has 0 aliphatic rings. The Hall–Kier alpha value is -3.03. The Morgan fingerprint density at radius 2 is 1.88 bits per heavy atom. The lowest BCUT2D eigenvalue weighted by molar-refractivity contribution is -0.137. The second kappa shape index (κ2) is 7.69. The number of hydrogen-bond donors (Lipinski definition) is 1. The monoisotopic (exact) mass is 353 g/mol. The molecule has 2 aromatic rings. The van der Waals surface area contributed by atoms with Crippen LogP contribution in [-0.4, -0.2) is 23.9 Å². The summed E-state index contributed by atoms with van der Waals surface area (Å²) in [5, 5.41) is 12.7. The number of nitrogens with zero attached hydrogens (tertiary/aromatic N) is 1. The third kappa shape index (κ3) is 4.72. The number of benzene rings is 2. The zero-order valence-electron chi connectivity index (χ0n) is 13.1. The number of hydrogen-bond acceptors (Lipinski definition) is 4. The van der Waals surface area contributed by atoms with Crippen LogP contribution < -0.4 is 4.74 Å². The first-order chi connectivity index (χ1) is 11.8. The molecule has 0 aliphatic heterocycles. The van der Waals surface area contributed by atoms with Gasteiger partial charge in [-0.2, -0.15) is 13.2 Å². The topological polar surface area (TPSA) is 68.1 Å². The van der Waals surface area contributed by atoms with Crippen molar-refractivity contribution in [3.63, 3.8) is 0 Å². The van der Waals surface area contributed by atoms with Crippen LogP contribution in [-0.2, 0) is 22.4 Å². The smallest absolute Gasteiger partial charge is 0.416 e. The van der Waals surface area contributed by atoms with Gasteiger partial charge in [0.15, 0.2) is 5.71 Å². The lowest BCUT2D eigenvalue weighted by Crippen LogP contribution is -2.17. The Labute approximate surface area is 141 Å². The second-order valence-corrected chi connectivity index (χ2v) is 4.90. The Balaban J connectivity index is 2.25. The van der Waals surface area contributed by atoms with Gasteiger partial charge < -0.3 is 14.7 Å². The van der Waals surface area contributed by atoms with Gasteiger partial charge in [0.1, 0.15) is 19.5 Å². The van der Waals surface area contributed by atoms with Crippen LogP contribution in [0.15, 0.2) is 53.7 Å². The number of carbonyl (C=O) groups is 1. The SMILES string of the molecule is CON=C(C(=O)O)c1ccccc1COc1cccc(C(F)(F)F)c1. The van der Waals surface area contributed by atoms with Gasteiger partial charge >= 0.3 is 12.1 Å². The molecule has 0 aromatic heterocycles. The number of carboxylic acids is 1. The maximum atomic E-state index is 12.7. The molecule has 132 valence electrons. The van der Waals surface area contributed by atoms with E-state index in [2.05, 4.69) is 9.99 Å². The summed E-state index contributed by atoms with van der Waals surface area (Å²) in [4.78, 5) is 15.8. The van der Waals surface area contributed by atoms with Gasteiger partial charge in [0, 0.05) is 5.56 Å². The average Bonchev–Trinajstić information content (AvgIpc) is 2.57. The largest absolute Gasteiger partial charge is 0.489 e. The van der Waals surface area contributed by atoms with Crippen LogP contribution in [0.4, 0.5) is 13.2 Å². The molecule has 0 saturated carbocycles. The highest BCUT2D eigenvalue weighted by atomic mass is 19.4. The van der Waals surface area contributed by atoms with Crippen molar-refractivity contribution in [2.24, 2.45) is 5.16 Å². The summed E-state index contributed by atoms with van der Waals surface area (Å²) in [6.07, 6.45) is -4.47. The lowest BCUT2D eigenvalue weighted by atomic mass is 10.0. The minimum atomic E-state index is -4.47. The van der Waals surface area contributed by atoms with Crippen molar-refractivity contribution in [3.05, 3.63) is 65.2 Å². The Morgan fingerprint density at radius 3 is 2.52 bits per heavy atom. The van der Waals surface area contributed by atoms with E-state index in [4.69, 9.17) is 4.74 Å². The third-order valence-corrected chi connectivity index (χ3v) is 3.21. The maximum absolute atomic E-state index is 12.7. The highest BCUT2D eigenvalue weighted by Gasteiger charge is 2.30. The summed E-state index contributed by atoms with van der Waals surface area (Å²) in [5.74, 6) is -1.28. The van der Waals surface area contributed by atoms with E-state index < -0.39 is 17.7 Å². The molecule has 0 unspecified atom stereocenters. The first-order valence-corrected chi connectivity index (χ1v) is 7.05. The number of aliphatic carboxylic acids is 1. The zero-order chi connectivity index (χ0) is 18.4.